The van der Waals surface area contributed by atoms with E-state index in [1.165, 1.54) is 49.8 Å². The maximum absolute atomic E-state index is 12.1. The van der Waals surface area contributed by atoms with E-state index >= 15 is 0 Å². The molecule has 0 fully saturated rings. The van der Waals surface area contributed by atoms with E-state index in [4.69, 9.17) is 0 Å². The maximum Gasteiger partial charge on any atom is 0.387 e. The third kappa shape index (κ3) is 7.39. The molecule has 2 aromatic rings. The number of benzene rings is 2. The van der Waals surface area contributed by atoms with Crippen molar-refractivity contribution in [2.45, 2.75) is 52.1 Å². The second kappa shape index (κ2) is 10.5. The first-order valence-corrected chi connectivity index (χ1v) is 8.83. The Bertz CT molecular complexity index is 679. The van der Waals surface area contributed by atoms with Crippen LogP contribution in [0.2, 0.25) is 0 Å². The number of rotatable bonds is 8. The van der Waals surface area contributed by atoms with Crippen molar-refractivity contribution in [1.29, 1.82) is 0 Å². The van der Waals surface area contributed by atoms with Gasteiger partial charge in [0.25, 0.3) is 0 Å². The molecule has 2 aromatic carbocycles. The first kappa shape index (κ1) is 19.0. The number of hydrogen-bond donors (Lipinski definition) is 0. The molecule has 3 heteroatoms. The van der Waals surface area contributed by atoms with Crippen molar-refractivity contribution in [3.8, 4) is 17.6 Å². The molecule has 0 aliphatic rings. The van der Waals surface area contributed by atoms with E-state index in [1.54, 1.807) is 12.1 Å². The van der Waals surface area contributed by atoms with Gasteiger partial charge in [0, 0.05) is 11.1 Å². The number of unbranched alkanes of at least 4 members (excludes halogenated alkanes) is 4. The summed E-state index contributed by atoms with van der Waals surface area (Å²) in [4.78, 5) is 0. The molecule has 0 heterocycles. The fourth-order valence-corrected chi connectivity index (χ4v) is 2.55. The second-order valence-electron chi connectivity index (χ2n) is 6.01. The Kier molecular flexibility index (Phi) is 7.98. The summed E-state index contributed by atoms with van der Waals surface area (Å²) in [6, 6.07) is 14.7. The highest BCUT2D eigenvalue weighted by Gasteiger charge is 2.02. The van der Waals surface area contributed by atoms with Gasteiger partial charge in [0.05, 0.1) is 0 Å². The van der Waals surface area contributed by atoms with E-state index in [2.05, 4.69) is 35.6 Å². The van der Waals surface area contributed by atoms with E-state index in [1.807, 2.05) is 12.1 Å². The normalized spacial score (nSPS) is 10.4. The van der Waals surface area contributed by atoms with E-state index in [0.717, 1.165) is 17.5 Å². The second-order valence-corrected chi connectivity index (χ2v) is 6.01. The van der Waals surface area contributed by atoms with Crippen LogP contribution in [0, 0.1) is 11.8 Å². The minimum absolute atomic E-state index is 0.142. The Morgan fingerprint density at radius 2 is 1.36 bits per heavy atom. The summed E-state index contributed by atoms with van der Waals surface area (Å²) in [5.74, 6) is 6.27. The standard InChI is InChI=1S/C22H24F2O/c1-2-3-4-5-6-7-18-8-10-19(11-9-18)12-13-20-14-16-21(17-15-20)25-22(23)24/h8-11,14-17,22H,2-7H2,1H3. The lowest BCUT2D eigenvalue weighted by Crippen LogP contribution is -2.01. The molecule has 0 amide bonds. The molecule has 2 rings (SSSR count). The van der Waals surface area contributed by atoms with Gasteiger partial charge in [-0.2, -0.15) is 8.78 Å². The van der Waals surface area contributed by atoms with Gasteiger partial charge in [0.1, 0.15) is 5.75 Å². The highest BCUT2D eigenvalue weighted by Crippen LogP contribution is 2.14. The first-order valence-electron chi connectivity index (χ1n) is 8.83. The van der Waals surface area contributed by atoms with Gasteiger partial charge in [-0.05, 0) is 54.8 Å². The zero-order valence-electron chi connectivity index (χ0n) is 14.6. The number of aryl methyl sites for hydroxylation is 1. The van der Waals surface area contributed by atoms with Crippen molar-refractivity contribution < 1.29 is 13.5 Å². The van der Waals surface area contributed by atoms with E-state index < -0.39 is 6.61 Å². The summed E-state index contributed by atoms with van der Waals surface area (Å²) >= 11 is 0. The van der Waals surface area contributed by atoms with Gasteiger partial charge < -0.3 is 4.74 Å². The number of halogens is 2. The summed E-state index contributed by atoms with van der Waals surface area (Å²) < 4.78 is 28.5. The highest BCUT2D eigenvalue weighted by molar-refractivity contribution is 5.44. The van der Waals surface area contributed by atoms with Crippen LogP contribution in [0.1, 0.15) is 55.7 Å². The fraction of sp³-hybridized carbons (Fsp3) is 0.364. The number of hydrogen-bond acceptors (Lipinski definition) is 1. The van der Waals surface area contributed by atoms with Gasteiger partial charge in [0.2, 0.25) is 0 Å². The summed E-state index contributed by atoms with van der Waals surface area (Å²) in [6.07, 6.45) is 7.56. The Morgan fingerprint density at radius 1 is 0.800 bits per heavy atom. The monoisotopic (exact) mass is 342 g/mol. The van der Waals surface area contributed by atoms with Gasteiger partial charge >= 0.3 is 6.61 Å². The van der Waals surface area contributed by atoms with Crippen LogP contribution in [0.25, 0.3) is 0 Å². The van der Waals surface area contributed by atoms with Crippen LogP contribution >= 0.6 is 0 Å². The fourth-order valence-electron chi connectivity index (χ4n) is 2.55. The van der Waals surface area contributed by atoms with E-state index in [-0.39, 0.29) is 5.75 Å². The molecule has 0 radical (unpaired) electrons. The van der Waals surface area contributed by atoms with Crippen molar-refractivity contribution >= 4 is 0 Å². The topological polar surface area (TPSA) is 9.23 Å². The number of alkyl halides is 2. The van der Waals surface area contributed by atoms with Crippen molar-refractivity contribution in [2.75, 3.05) is 0 Å². The minimum atomic E-state index is -2.80. The molecule has 0 aliphatic carbocycles. The van der Waals surface area contributed by atoms with Crippen molar-refractivity contribution in [3.63, 3.8) is 0 Å². The lowest BCUT2D eigenvalue weighted by Gasteiger charge is -2.03. The molecule has 25 heavy (non-hydrogen) atoms. The molecule has 0 saturated heterocycles. The van der Waals surface area contributed by atoms with Gasteiger partial charge in [-0.25, -0.2) is 0 Å². The number of ether oxygens (including phenoxy) is 1. The van der Waals surface area contributed by atoms with Crippen LogP contribution in [0.3, 0.4) is 0 Å². The summed E-state index contributed by atoms with van der Waals surface area (Å²) in [5.41, 5.74) is 3.06. The molecule has 0 N–H and O–H groups in total. The summed E-state index contributed by atoms with van der Waals surface area (Å²) in [5, 5.41) is 0. The van der Waals surface area contributed by atoms with E-state index in [9.17, 15) is 8.78 Å². The molecule has 0 atom stereocenters. The van der Waals surface area contributed by atoms with Crippen LogP contribution in [-0.2, 0) is 6.42 Å². The summed E-state index contributed by atoms with van der Waals surface area (Å²) in [6.45, 7) is -0.576. The Balaban J connectivity index is 1.85. The predicted molar refractivity (Wildman–Crippen MR) is 98.0 cm³/mol. The molecule has 0 bridgehead atoms. The third-order valence-electron chi connectivity index (χ3n) is 3.95. The Morgan fingerprint density at radius 3 is 1.92 bits per heavy atom. The molecule has 0 aromatic heterocycles. The SMILES string of the molecule is CCCCCCCc1ccc(C#Cc2ccc(OC(F)F)cc2)cc1. The molecular weight excluding hydrogens is 318 g/mol. The first-order chi connectivity index (χ1) is 12.2. The molecule has 0 spiro atoms. The zero-order chi connectivity index (χ0) is 17.9. The summed E-state index contributed by atoms with van der Waals surface area (Å²) in [7, 11) is 0. The van der Waals surface area contributed by atoms with Crippen LogP contribution in [-0.4, -0.2) is 6.61 Å². The van der Waals surface area contributed by atoms with E-state index in [0.29, 0.717) is 0 Å². The van der Waals surface area contributed by atoms with Gasteiger partial charge in [0.15, 0.2) is 0 Å². The quantitative estimate of drug-likeness (QED) is 0.410. The van der Waals surface area contributed by atoms with Crippen LogP contribution in [0.5, 0.6) is 5.75 Å². The predicted octanol–water partition coefficient (Wildman–Crippen LogP) is 6.20. The molecular formula is C22H24F2O. The molecule has 0 unspecified atom stereocenters. The third-order valence-corrected chi connectivity index (χ3v) is 3.95. The van der Waals surface area contributed by atoms with Gasteiger partial charge in [-0.3, -0.25) is 0 Å². The molecule has 0 saturated carbocycles. The maximum atomic E-state index is 12.1. The minimum Gasteiger partial charge on any atom is -0.435 e. The van der Waals surface area contributed by atoms with Crippen molar-refractivity contribution in [2.24, 2.45) is 0 Å². The molecule has 1 nitrogen and oxygen atoms in total. The van der Waals surface area contributed by atoms with Crippen molar-refractivity contribution in [1.82, 2.24) is 0 Å². The highest BCUT2D eigenvalue weighted by atomic mass is 19.3. The van der Waals surface area contributed by atoms with Gasteiger partial charge in [-0.1, -0.05) is 56.6 Å². The average Bonchev–Trinajstić information content (AvgIpc) is 2.61. The van der Waals surface area contributed by atoms with Crippen LogP contribution in [0.4, 0.5) is 8.78 Å². The van der Waals surface area contributed by atoms with Crippen LogP contribution in [0.15, 0.2) is 48.5 Å². The van der Waals surface area contributed by atoms with Crippen LogP contribution < -0.4 is 4.74 Å². The molecule has 0 aliphatic heterocycles. The Labute approximate surface area is 149 Å². The smallest absolute Gasteiger partial charge is 0.387 e. The zero-order valence-corrected chi connectivity index (χ0v) is 14.6. The average molecular weight is 342 g/mol. The van der Waals surface area contributed by atoms with Gasteiger partial charge in [-0.15, -0.1) is 0 Å². The lowest BCUT2D eigenvalue weighted by atomic mass is 10.0. The Hall–Kier alpha value is -2.34. The van der Waals surface area contributed by atoms with Crippen molar-refractivity contribution in [3.05, 3.63) is 65.2 Å². The largest absolute Gasteiger partial charge is 0.435 e. The molecule has 132 valence electrons. The lowest BCUT2D eigenvalue weighted by molar-refractivity contribution is -0.0498.